The molecular weight excluding hydrogens is 221 g/mol. The van der Waals surface area contributed by atoms with Crippen LogP contribution in [0.1, 0.15) is 18.7 Å². The van der Waals surface area contributed by atoms with E-state index in [0.717, 1.165) is 4.47 Å². The minimum Gasteiger partial charge on any atom is -0.325 e. The third kappa shape index (κ3) is 2.29. The van der Waals surface area contributed by atoms with Crippen LogP contribution in [0.5, 0.6) is 0 Å². The summed E-state index contributed by atoms with van der Waals surface area (Å²) < 4.78 is 14.2. The minimum atomic E-state index is -1.08. The Hall–Kier alpha value is -0.410. The van der Waals surface area contributed by atoms with Gasteiger partial charge in [-0.05, 0) is 24.6 Å². The quantitative estimate of drug-likeness (QED) is 0.833. The van der Waals surface area contributed by atoms with Crippen LogP contribution in [-0.2, 0) is 0 Å². The molecule has 0 aliphatic carbocycles. The molecule has 1 aromatic carbocycles. The van der Waals surface area contributed by atoms with E-state index in [1.807, 2.05) is 6.07 Å². The maximum absolute atomic E-state index is 13.3. The lowest BCUT2D eigenvalue weighted by molar-refractivity contribution is 0.300. The molecule has 0 fully saturated rings. The van der Waals surface area contributed by atoms with Gasteiger partial charge in [-0.3, -0.25) is 0 Å². The van der Waals surface area contributed by atoms with Gasteiger partial charge >= 0.3 is 0 Å². The van der Waals surface area contributed by atoms with Crippen molar-refractivity contribution < 1.29 is 4.39 Å². The third-order valence-corrected chi connectivity index (χ3v) is 2.12. The molecule has 0 saturated carbocycles. The van der Waals surface area contributed by atoms with Gasteiger partial charge in [0.05, 0.1) is 0 Å². The van der Waals surface area contributed by atoms with Crippen LogP contribution in [0.2, 0.25) is 0 Å². The molecule has 1 rings (SSSR count). The molecule has 1 nitrogen and oxygen atoms in total. The largest absolute Gasteiger partial charge is 0.325 e. The summed E-state index contributed by atoms with van der Waals surface area (Å²) in [5.74, 6) is 0. The molecule has 0 radical (unpaired) electrons. The van der Waals surface area contributed by atoms with Crippen LogP contribution in [-0.4, -0.2) is 6.04 Å². The molecular formula is C9H11BrFN. The molecule has 0 unspecified atom stereocenters. The Morgan fingerprint density at radius 2 is 2.17 bits per heavy atom. The second kappa shape index (κ2) is 4.01. The SMILES string of the molecule is C[C@@H](N)[C@@H](F)c1cccc(Br)c1. The average molecular weight is 232 g/mol. The highest BCUT2D eigenvalue weighted by Crippen LogP contribution is 2.22. The molecule has 0 spiro atoms. The van der Waals surface area contributed by atoms with Crippen LogP contribution in [0.3, 0.4) is 0 Å². The molecule has 0 saturated heterocycles. The fraction of sp³-hybridized carbons (Fsp3) is 0.333. The van der Waals surface area contributed by atoms with Crippen LogP contribution in [0.25, 0.3) is 0 Å². The van der Waals surface area contributed by atoms with E-state index in [0.29, 0.717) is 5.56 Å². The highest BCUT2D eigenvalue weighted by molar-refractivity contribution is 9.10. The van der Waals surface area contributed by atoms with Crippen LogP contribution in [0, 0.1) is 0 Å². The molecule has 0 aliphatic rings. The van der Waals surface area contributed by atoms with Crippen molar-refractivity contribution in [2.24, 2.45) is 5.73 Å². The second-order valence-corrected chi connectivity index (χ2v) is 3.73. The van der Waals surface area contributed by atoms with Gasteiger partial charge in [-0.2, -0.15) is 0 Å². The summed E-state index contributed by atoms with van der Waals surface area (Å²) in [6.07, 6.45) is -1.08. The number of alkyl halides is 1. The molecule has 0 bridgehead atoms. The zero-order valence-electron chi connectivity index (χ0n) is 6.80. The van der Waals surface area contributed by atoms with Crippen molar-refractivity contribution >= 4 is 15.9 Å². The van der Waals surface area contributed by atoms with Gasteiger partial charge in [0.2, 0.25) is 0 Å². The molecule has 66 valence electrons. The number of hydrogen-bond donors (Lipinski definition) is 1. The maximum atomic E-state index is 13.3. The summed E-state index contributed by atoms with van der Waals surface area (Å²) >= 11 is 3.27. The van der Waals surface area contributed by atoms with Crippen molar-refractivity contribution in [3.8, 4) is 0 Å². The van der Waals surface area contributed by atoms with Crippen molar-refractivity contribution in [1.29, 1.82) is 0 Å². The van der Waals surface area contributed by atoms with Gasteiger partial charge in [0.25, 0.3) is 0 Å². The van der Waals surface area contributed by atoms with Gasteiger partial charge in [-0.25, -0.2) is 4.39 Å². The summed E-state index contributed by atoms with van der Waals surface area (Å²) in [7, 11) is 0. The third-order valence-electron chi connectivity index (χ3n) is 1.63. The fourth-order valence-corrected chi connectivity index (χ4v) is 1.40. The standard InChI is InChI=1S/C9H11BrFN/c1-6(12)9(11)7-3-2-4-8(10)5-7/h2-6,9H,12H2,1H3/t6-,9-/m1/s1. The molecule has 0 aromatic heterocycles. The number of rotatable bonds is 2. The first-order chi connectivity index (χ1) is 5.61. The fourth-order valence-electron chi connectivity index (χ4n) is 0.982. The lowest BCUT2D eigenvalue weighted by Gasteiger charge is -2.11. The Bertz CT molecular complexity index is 262. The topological polar surface area (TPSA) is 26.0 Å². The van der Waals surface area contributed by atoms with E-state index in [-0.39, 0.29) is 0 Å². The van der Waals surface area contributed by atoms with Gasteiger partial charge in [-0.15, -0.1) is 0 Å². The molecule has 2 N–H and O–H groups in total. The van der Waals surface area contributed by atoms with Gasteiger partial charge in [0, 0.05) is 10.5 Å². The number of benzene rings is 1. The van der Waals surface area contributed by atoms with E-state index in [1.165, 1.54) is 0 Å². The Morgan fingerprint density at radius 1 is 1.50 bits per heavy atom. The first-order valence-corrected chi connectivity index (χ1v) is 4.55. The van der Waals surface area contributed by atoms with E-state index >= 15 is 0 Å². The minimum absolute atomic E-state index is 0.459. The normalized spacial score (nSPS) is 15.7. The number of halogens is 2. The predicted molar refractivity (Wildman–Crippen MR) is 51.6 cm³/mol. The van der Waals surface area contributed by atoms with Gasteiger partial charge < -0.3 is 5.73 Å². The molecule has 0 amide bonds. The summed E-state index contributed by atoms with van der Waals surface area (Å²) in [5, 5.41) is 0. The summed E-state index contributed by atoms with van der Waals surface area (Å²) in [4.78, 5) is 0. The molecule has 12 heavy (non-hydrogen) atoms. The summed E-state index contributed by atoms with van der Waals surface area (Å²) in [6, 6.07) is 6.68. The molecule has 2 atom stereocenters. The van der Waals surface area contributed by atoms with Gasteiger partial charge in [0.15, 0.2) is 0 Å². The molecule has 0 aliphatic heterocycles. The number of nitrogens with two attached hydrogens (primary N) is 1. The zero-order chi connectivity index (χ0) is 9.14. The lowest BCUT2D eigenvalue weighted by atomic mass is 10.1. The van der Waals surface area contributed by atoms with Crippen molar-refractivity contribution in [3.05, 3.63) is 34.3 Å². The summed E-state index contributed by atoms with van der Waals surface area (Å²) in [5.41, 5.74) is 6.05. The monoisotopic (exact) mass is 231 g/mol. The summed E-state index contributed by atoms with van der Waals surface area (Å²) in [6.45, 7) is 1.66. The van der Waals surface area contributed by atoms with Crippen molar-refractivity contribution in [1.82, 2.24) is 0 Å². The maximum Gasteiger partial charge on any atom is 0.140 e. The molecule has 3 heteroatoms. The van der Waals surface area contributed by atoms with Crippen LogP contribution < -0.4 is 5.73 Å². The van der Waals surface area contributed by atoms with Gasteiger partial charge in [0.1, 0.15) is 6.17 Å². The first-order valence-electron chi connectivity index (χ1n) is 3.76. The predicted octanol–water partition coefficient (Wildman–Crippen LogP) is 2.81. The Labute approximate surface area is 79.9 Å². The Kier molecular flexibility index (Phi) is 3.23. The first kappa shape index (κ1) is 9.68. The van der Waals surface area contributed by atoms with Crippen LogP contribution >= 0.6 is 15.9 Å². The molecule has 1 aromatic rings. The van der Waals surface area contributed by atoms with Crippen molar-refractivity contribution in [2.45, 2.75) is 19.1 Å². The number of hydrogen-bond acceptors (Lipinski definition) is 1. The van der Waals surface area contributed by atoms with E-state index in [1.54, 1.807) is 25.1 Å². The highest BCUT2D eigenvalue weighted by Gasteiger charge is 2.13. The Morgan fingerprint density at radius 3 is 2.67 bits per heavy atom. The van der Waals surface area contributed by atoms with Crippen molar-refractivity contribution in [2.75, 3.05) is 0 Å². The van der Waals surface area contributed by atoms with E-state index in [2.05, 4.69) is 15.9 Å². The van der Waals surface area contributed by atoms with Crippen molar-refractivity contribution in [3.63, 3.8) is 0 Å². The highest BCUT2D eigenvalue weighted by atomic mass is 79.9. The average Bonchev–Trinajstić information content (AvgIpc) is 2.03. The Balaban J connectivity index is 2.88. The van der Waals surface area contributed by atoms with Crippen LogP contribution in [0.15, 0.2) is 28.7 Å². The van der Waals surface area contributed by atoms with Gasteiger partial charge in [-0.1, -0.05) is 28.1 Å². The van der Waals surface area contributed by atoms with Crippen LogP contribution in [0.4, 0.5) is 4.39 Å². The second-order valence-electron chi connectivity index (χ2n) is 2.82. The van der Waals surface area contributed by atoms with E-state index < -0.39 is 12.2 Å². The molecule has 0 heterocycles. The smallest absolute Gasteiger partial charge is 0.140 e. The lowest BCUT2D eigenvalue weighted by Crippen LogP contribution is -2.21. The van der Waals surface area contributed by atoms with E-state index in [9.17, 15) is 4.39 Å². The zero-order valence-corrected chi connectivity index (χ0v) is 8.38. The van der Waals surface area contributed by atoms with E-state index in [4.69, 9.17) is 5.73 Å².